The minimum Gasteiger partial charge on any atom is -0.342 e. The Kier molecular flexibility index (Phi) is 4.86. The first-order chi connectivity index (χ1) is 11.5. The molecule has 1 unspecified atom stereocenters. The molecule has 1 heterocycles. The second-order valence-corrected chi connectivity index (χ2v) is 7.04. The minimum atomic E-state index is -0.393. The highest BCUT2D eigenvalue weighted by molar-refractivity contribution is 6.30. The second kappa shape index (κ2) is 6.89. The highest BCUT2D eigenvalue weighted by Crippen LogP contribution is 2.45. The monoisotopic (exact) mass is 343 g/mol. The maximum absolute atomic E-state index is 13.2. The molecule has 1 aromatic carbocycles. The van der Waals surface area contributed by atoms with Gasteiger partial charge in [0.15, 0.2) is 0 Å². The number of rotatable bonds is 5. The summed E-state index contributed by atoms with van der Waals surface area (Å²) in [6.07, 6.45) is 8.68. The highest BCUT2D eigenvalue weighted by atomic mass is 35.5. The molecule has 1 fully saturated rings. The number of nitrogens with zero attached hydrogens (tertiary/aromatic N) is 3. The number of halogens is 1. The van der Waals surface area contributed by atoms with Crippen molar-refractivity contribution in [1.82, 2.24) is 14.9 Å². The molecule has 24 heavy (non-hydrogen) atoms. The van der Waals surface area contributed by atoms with Crippen LogP contribution < -0.4 is 0 Å². The van der Waals surface area contributed by atoms with Crippen molar-refractivity contribution in [3.63, 3.8) is 0 Å². The van der Waals surface area contributed by atoms with Gasteiger partial charge in [0.25, 0.3) is 0 Å². The third-order valence-electron chi connectivity index (χ3n) is 5.12. The van der Waals surface area contributed by atoms with E-state index in [1.54, 1.807) is 18.6 Å². The lowest BCUT2D eigenvalue weighted by Gasteiger charge is -2.44. The SMILES string of the molecule is CC(Cc1cnccn1)N(C)C(=O)C1(c2ccc(Cl)cc2)CCC1. The lowest BCUT2D eigenvalue weighted by molar-refractivity contribution is -0.141. The number of amides is 1. The molecule has 0 radical (unpaired) electrons. The molecule has 1 aliphatic carbocycles. The van der Waals surface area contributed by atoms with Gasteiger partial charge >= 0.3 is 0 Å². The molecule has 126 valence electrons. The maximum Gasteiger partial charge on any atom is 0.233 e. The Bertz CT molecular complexity index is 698. The average molecular weight is 344 g/mol. The van der Waals surface area contributed by atoms with Gasteiger partial charge in [-0.25, -0.2) is 0 Å². The molecule has 1 aliphatic rings. The summed E-state index contributed by atoms with van der Waals surface area (Å²) >= 11 is 6.00. The van der Waals surface area contributed by atoms with Crippen molar-refractivity contribution >= 4 is 17.5 Å². The normalized spacial score (nSPS) is 17.0. The fourth-order valence-electron chi connectivity index (χ4n) is 3.34. The summed E-state index contributed by atoms with van der Waals surface area (Å²) in [6.45, 7) is 2.06. The van der Waals surface area contributed by atoms with Gasteiger partial charge in [-0.3, -0.25) is 14.8 Å². The molecule has 0 bridgehead atoms. The van der Waals surface area contributed by atoms with Crippen molar-refractivity contribution in [2.75, 3.05) is 7.05 Å². The standard InChI is InChI=1S/C19H22ClN3O/c1-14(12-17-13-21-10-11-22-17)23(2)18(24)19(8-3-9-19)15-4-6-16(20)7-5-15/h4-7,10-11,13-14H,3,8-9,12H2,1-2H3. The number of aromatic nitrogens is 2. The number of hydrogen-bond donors (Lipinski definition) is 0. The maximum atomic E-state index is 13.2. The van der Waals surface area contributed by atoms with Crippen molar-refractivity contribution in [2.24, 2.45) is 0 Å². The predicted molar refractivity (Wildman–Crippen MR) is 94.9 cm³/mol. The van der Waals surface area contributed by atoms with E-state index in [4.69, 9.17) is 11.6 Å². The Morgan fingerprint density at radius 3 is 2.54 bits per heavy atom. The number of carbonyl (C=O) groups excluding carboxylic acids is 1. The lowest BCUT2D eigenvalue weighted by atomic mass is 9.63. The van der Waals surface area contributed by atoms with Crippen LogP contribution in [-0.2, 0) is 16.6 Å². The third kappa shape index (κ3) is 3.16. The van der Waals surface area contributed by atoms with Gasteiger partial charge < -0.3 is 4.90 Å². The Morgan fingerprint density at radius 2 is 2.00 bits per heavy atom. The van der Waals surface area contributed by atoms with Gasteiger partial charge in [-0.2, -0.15) is 0 Å². The van der Waals surface area contributed by atoms with Crippen LogP contribution in [0.3, 0.4) is 0 Å². The van der Waals surface area contributed by atoms with Crippen LogP contribution in [0.4, 0.5) is 0 Å². The fourth-order valence-corrected chi connectivity index (χ4v) is 3.46. The van der Waals surface area contributed by atoms with Crippen molar-refractivity contribution in [1.29, 1.82) is 0 Å². The molecule has 5 heteroatoms. The Balaban J connectivity index is 1.77. The van der Waals surface area contributed by atoms with Crippen LogP contribution in [0.25, 0.3) is 0 Å². The van der Waals surface area contributed by atoms with Gasteiger partial charge in [-0.1, -0.05) is 30.2 Å². The van der Waals surface area contributed by atoms with E-state index >= 15 is 0 Å². The minimum absolute atomic E-state index is 0.0685. The molecule has 1 aromatic heterocycles. The van der Waals surface area contributed by atoms with Gasteiger partial charge in [0.05, 0.1) is 11.1 Å². The molecule has 0 N–H and O–H groups in total. The molecule has 2 aromatic rings. The summed E-state index contributed by atoms with van der Waals surface area (Å²) in [5.41, 5.74) is 1.58. The van der Waals surface area contributed by atoms with Gasteiger partial charge in [0, 0.05) is 43.1 Å². The Hall–Kier alpha value is -1.94. The van der Waals surface area contributed by atoms with Gasteiger partial charge in [-0.15, -0.1) is 0 Å². The summed E-state index contributed by atoms with van der Waals surface area (Å²) in [5.74, 6) is 0.187. The number of likely N-dealkylation sites (N-methyl/N-ethyl adjacent to an activating group) is 1. The van der Waals surface area contributed by atoms with E-state index in [0.717, 1.165) is 30.5 Å². The first-order valence-electron chi connectivity index (χ1n) is 8.31. The predicted octanol–water partition coefficient (Wildman–Crippen LogP) is 3.64. The van der Waals surface area contributed by atoms with Crippen LogP contribution in [0.5, 0.6) is 0 Å². The largest absolute Gasteiger partial charge is 0.342 e. The fraction of sp³-hybridized carbons (Fsp3) is 0.421. The van der Waals surface area contributed by atoms with Crippen molar-refractivity contribution in [3.05, 3.63) is 59.1 Å². The smallest absolute Gasteiger partial charge is 0.233 e. The molecule has 0 aliphatic heterocycles. The van der Waals surface area contributed by atoms with Gasteiger partial charge in [0.1, 0.15) is 0 Å². The van der Waals surface area contributed by atoms with Crippen molar-refractivity contribution in [2.45, 2.75) is 44.1 Å². The van der Waals surface area contributed by atoms with Crippen LogP contribution >= 0.6 is 11.6 Å². The van der Waals surface area contributed by atoms with E-state index in [-0.39, 0.29) is 11.9 Å². The molecule has 3 rings (SSSR count). The molecule has 1 saturated carbocycles. The van der Waals surface area contributed by atoms with E-state index in [2.05, 4.69) is 16.9 Å². The summed E-state index contributed by atoms with van der Waals surface area (Å²) < 4.78 is 0. The second-order valence-electron chi connectivity index (χ2n) is 6.61. The lowest BCUT2D eigenvalue weighted by Crippen LogP contribution is -2.52. The van der Waals surface area contributed by atoms with Crippen LogP contribution in [0, 0.1) is 0 Å². The van der Waals surface area contributed by atoms with E-state index in [9.17, 15) is 4.79 Å². The Morgan fingerprint density at radius 1 is 1.29 bits per heavy atom. The zero-order valence-electron chi connectivity index (χ0n) is 14.1. The number of hydrogen-bond acceptors (Lipinski definition) is 3. The topological polar surface area (TPSA) is 46.1 Å². The molecule has 1 atom stereocenters. The molecule has 0 spiro atoms. The zero-order valence-corrected chi connectivity index (χ0v) is 14.8. The van der Waals surface area contributed by atoms with Crippen LogP contribution in [-0.4, -0.2) is 33.9 Å². The first kappa shape index (κ1) is 16.9. The highest BCUT2D eigenvalue weighted by Gasteiger charge is 2.47. The molecule has 1 amide bonds. The van der Waals surface area contributed by atoms with E-state index in [0.29, 0.717) is 11.4 Å². The number of carbonyl (C=O) groups is 1. The quantitative estimate of drug-likeness (QED) is 0.832. The third-order valence-corrected chi connectivity index (χ3v) is 5.37. The summed E-state index contributed by atoms with van der Waals surface area (Å²) in [6, 6.07) is 7.78. The molecular weight excluding hydrogens is 322 g/mol. The number of benzene rings is 1. The molecule has 0 saturated heterocycles. The van der Waals surface area contributed by atoms with Gasteiger partial charge in [-0.05, 0) is 37.5 Å². The van der Waals surface area contributed by atoms with E-state index in [1.165, 1.54) is 0 Å². The van der Waals surface area contributed by atoms with Crippen molar-refractivity contribution < 1.29 is 4.79 Å². The molecule has 4 nitrogen and oxygen atoms in total. The van der Waals surface area contributed by atoms with E-state index in [1.807, 2.05) is 36.2 Å². The first-order valence-corrected chi connectivity index (χ1v) is 8.69. The van der Waals surface area contributed by atoms with Crippen LogP contribution in [0.15, 0.2) is 42.9 Å². The molecular formula is C19H22ClN3O. The average Bonchev–Trinajstić information content (AvgIpc) is 2.55. The van der Waals surface area contributed by atoms with Gasteiger partial charge in [0.2, 0.25) is 5.91 Å². The van der Waals surface area contributed by atoms with Crippen molar-refractivity contribution in [3.8, 4) is 0 Å². The van der Waals surface area contributed by atoms with Crippen LogP contribution in [0.1, 0.15) is 37.4 Å². The zero-order chi connectivity index (χ0) is 17.2. The van der Waals surface area contributed by atoms with E-state index < -0.39 is 5.41 Å². The summed E-state index contributed by atoms with van der Waals surface area (Å²) in [7, 11) is 1.89. The summed E-state index contributed by atoms with van der Waals surface area (Å²) in [5, 5.41) is 0.699. The van der Waals surface area contributed by atoms with Crippen LogP contribution in [0.2, 0.25) is 5.02 Å². The summed E-state index contributed by atoms with van der Waals surface area (Å²) in [4.78, 5) is 23.5. The Labute approximate surface area is 147 Å².